The molecule has 2 aliphatic rings. The quantitative estimate of drug-likeness (QED) is 0.852. The summed E-state index contributed by atoms with van der Waals surface area (Å²) in [5.41, 5.74) is 0.925. The molecule has 22 heavy (non-hydrogen) atoms. The van der Waals surface area contributed by atoms with Crippen molar-refractivity contribution in [3.63, 3.8) is 0 Å². The van der Waals surface area contributed by atoms with Gasteiger partial charge in [0.2, 0.25) is 5.91 Å². The van der Waals surface area contributed by atoms with Gasteiger partial charge in [-0.3, -0.25) is 9.69 Å². The normalized spacial score (nSPS) is 23.6. The van der Waals surface area contributed by atoms with E-state index in [0.717, 1.165) is 25.1 Å². The van der Waals surface area contributed by atoms with Gasteiger partial charge in [0, 0.05) is 12.7 Å². The lowest BCUT2D eigenvalue weighted by molar-refractivity contribution is -0.129. The Morgan fingerprint density at radius 2 is 1.95 bits per heavy atom. The van der Waals surface area contributed by atoms with Gasteiger partial charge in [0.05, 0.1) is 25.8 Å². The first kappa shape index (κ1) is 15.5. The molecule has 0 aromatic heterocycles. The van der Waals surface area contributed by atoms with Crippen LogP contribution in [0.25, 0.3) is 0 Å². The summed E-state index contributed by atoms with van der Waals surface area (Å²) in [5.74, 6) is 0.107. The summed E-state index contributed by atoms with van der Waals surface area (Å²) in [6.45, 7) is 2.67. The van der Waals surface area contributed by atoms with Crippen molar-refractivity contribution in [1.82, 2.24) is 4.90 Å². The second-order valence-corrected chi connectivity index (χ2v) is 5.93. The number of piperidine rings is 1. The fraction of sp³-hybridized carbons (Fsp3) is 0.588. The van der Waals surface area contributed by atoms with Crippen molar-refractivity contribution in [2.45, 2.75) is 31.6 Å². The molecule has 5 nitrogen and oxygen atoms in total. The number of anilines is 1. The summed E-state index contributed by atoms with van der Waals surface area (Å²) in [6.07, 6.45) is 3.17. The van der Waals surface area contributed by atoms with E-state index < -0.39 is 0 Å². The summed E-state index contributed by atoms with van der Waals surface area (Å²) < 4.78 is 11.3. The van der Waals surface area contributed by atoms with Crippen LogP contribution in [0.2, 0.25) is 0 Å². The van der Waals surface area contributed by atoms with Gasteiger partial charge in [0.25, 0.3) is 0 Å². The van der Waals surface area contributed by atoms with Crippen LogP contribution < -0.4 is 4.90 Å². The molecule has 0 saturated carbocycles. The smallest absolute Gasteiger partial charge is 0.240 e. The summed E-state index contributed by atoms with van der Waals surface area (Å²) >= 11 is 0. The Kier molecular flexibility index (Phi) is 5.08. The van der Waals surface area contributed by atoms with Gasteiger partial charge in [-0.05, 0) is 31.5 Å². The first-order chi connectivity index (χ1) is 10.8. The van der Waals surface area contributed by atoms with Crippen molar-refractivity contribution in [2.75, 3.05) is 38.3 Å². The summed E-state index contributed by atoms with van der Waals surface area (Å²) in [4.78, 5) is 16.5. The van der Waals surface area contributed by atoms with Gasteiger partial charge >= 0.3 is 0 Å². The zero-order valence-corrected chi connectivity index (χ0v) is 13.1. The Morgan fingerprint density at radius 1 is 1.23 bits per heavy atom. The van der Waals surface area contributed by atoms with Crippen LogP contribution in [0.15, 0.2) is 30.3 Å². The second-order valence-electron chi connectivity index (χ2n) is 5.93. The van der Waals surface area contributed by atoms with Gasteiger partial charge in [0.1, 0.15) is 0 Å². The molecule has 0 aliphatic carbocycles. The summed E-state index contributed by atoms with van der Waals surface area (Å²) in [5, 5.41) is 0. The largest absolute Gasteiger partial charge is 0.349 e. The van der Waals surface area contributed by atoms with E-state index in [1.54, 1.807) is 4.90 Å². The molecule has 2 saturated heterocycles. The molecule has 1 atom stereocenters. The van der Waals surface area contributed by atoms with E-state index >= 15 is 0 Å². The molecule has 2 fully saturated rings. The third kappa shape index (κ3) is 3.48. The van der Waals surface area contributed by atoms with Crippen LogP contribution in [0.5, 0.6) is 0 Å². The molecule has 0 N–H and O–H groups in total. The summed E-state index contributed by atoms with van der Waals surface area (Å²) in [6, 6.07) is 9.96. The number of benzene rings is 1. The van der Waals surface area contributed by atoms with Gasteiger partial charge in [-0.25, -0.2) is 0 Å². The number of hydrogen-bond acceptors (Lipinski definition) is 4. The molecular formula is C17H24N2O3. The molecule has 1 aromatic carbocycles. The van der Waals surface area contributed by atoms with E-state index in [0.29, 0.717) is 19.8 Å². The van der Waals surface area contributed by atoms with Gasteiger partial charge in [-0.1, -0.05) is 24.6 Å². The number of amides is 1. The zero-order valence-electron chi connectivity index (χ0n) is 13.1. The molecule has 1 unspecified atom stereocenters. The first-order valence-corrected chi connectivity index (χ1v) is 8.04. The van der Waals surface area contributed by atoms with Gasteiger partial charge in [0.15, 0.2) is 6.29 Å². The second kappa shape index (κ2) is 7.22. The SMILES string of the molecule is CN(C(=O)CN1CCCCC1C1OCCO1)c1ccccc1. The number of hydrogen-bond donors (Lipinski definition) is 0. The number of likely N-dealkylation sites (N-methyl/N-ethyl adjacent to an activating group) is 1. The van der Waals surface area contributed by atoms with E-state index in [2.05, 4.69) is 4.90 Å². The van der Waals surface area contributed by atoms with Crippen molar-refractivity contribution in [1.29, 1.82) is 0 Å². The average Bonchev–Trinajstić information content (AvgIpc) is 3.10. The van der Waals surface area contributed by atoms with Gasteiger partial charge in [-0.15, -0.1) is 0 Å². The Balaban J connectivity index is 1.63. The molecule has 2 aliphatic heterocycles. The lowest BCUT2D eigenvalue weighted by Crippen LogP contribution is -2.51. The Morgan fingerprint density at radius 3 is 2.68 bits per heavy atom. The molecule has 0 radical (unpaired) electrons. The van der Waals surface area contributed by atoms with E-state index in [9.17, 15) is 4.79 Å². The molecule has 1 aromatic rings. The molecule has 0 bridgehead atoms. The molecule has 1 amide bonds. The minimum atomic E-state index is -0.171. The molecule has 5 heteroatoms. The number of carbonyl (C=O) groups is 1. The van der Waals surface area contributed by atoms with E-state index in [-0.39, 0.29) is 18.2 Å². The van der Waals surface area contributed by atoms with Crippen LogP contribution in [-0.2, 0) is 14.3 Å². The number of nitrogens with zero attached hydrogens (tertiary/aromatic N) is 2. The highest BCUT2D eigenvalue weighted by Crippen LogP contribution is 2.24. The maximum Gasteiger partial charge on any atom is 0.240 e. The Hall–Kier alpha value is -1.43. The van der Waals surface area contributed by atoms with Crippen LogP contribution >= 0.6 is 0 Å². The van der Waals surface area contributed by atoms with Crippen LogP contribution in [0.3, 0.4) is 0 Å². The monoisotopic (exact) mass is 304 g/mol. The molecule has 2 heterocycles. The highest BCUT2D eigenvalue weighted by Gasteiger charge is 2.34. The van der Waals surface area contributed by atoms with Crippen LogP contribution in [0.4, 0.5) is 5.69 Å². The number of carbonyl (C=O) groups excluding carboxylic acids is 1. The van der Waals surface area contributed by atoms with Crippen LogP contribution in [-0.4, -0.2) is 56.5 Å². The van der Waals surface area contributed by atoms with Crippen molar-refractivity contribution in [3.8, 4) is 0 Å². The van der Waals surface area contributed by atoms with E-state index in [1.165, 1.54) is 6.42 Å². The number of para-hydroxylation sites is 1. The fourth-order valence-corrected chi connectivity index (χ4v) is 3.20. The maximum absolute atomic E-state index is 12.6. The third-order valence-corrected chi connectivity index (χ3v) is 4.48. The van der Waals surface area contributed by atoms with E-state index in [1.807, 2.05) is 37.4 Å². The Bertz CT molecular complexity index is 488. The van der Waals surface area contributed by atoms with Gasteiger partial charge < -0.3 is 14.4 Å². The van der Waals surface area contributed by atoms with Crippen molar-refractivity contribution in [3.05, 3.63) is 30.3 Å². The minimum absolute atomic E-state index is 0.107. The lowest BCUT2D eigenvalue weighted by Gasteiger charge is -2.38. The minimum Gasteiger partial charge on any atom is -0.349 e. The highest BCUT2D eigenvalue weighted by atomic mass is 16.7. The molecule has 0 spiro atoms. The summed E-state index contributed by atoms with van der Waals surface area (Å²) in [7, 11) is 1.83. The maximum atomic E-state index is 12.6. The topological polar surface area (TPSA) is 42.0 Å². The number of rotatable bonds is 4. The van der Waals surface area contributed by atoms with Crippen LogP contribution in [0, 0.1) is 0 Å². The standard InChI is InChI=1S/C17H24N2O3/c1-18(14-7-3-2-4-8-14)16(20)13-19-10-6-5-9-15(19)17-21-11-12-22-17/h2-4,7-8,15,17H,5-6,9-13H2,1H3. The number of likely N-dealkylation sites (tertiary alicyclic amines) is 1. The van der Waals surface area contributed by atoms with Crippen molar-refractivity contribution in [2.24, 2.45) is 0 Å². The average molecular weight is 304 g/mol. The van der Waals surface area contributed by atoms with Crippen molar-refractivity contribution >= 4 is 11.6 Å². The third-order valence-electron chi connectivity index (χ3n) is 4.48. The molecule has 120 valence electrons. The van der Waals surface area contributed by atoms with Gasteiger partial charge in [-0.2, -0.15) is 0 Å². The highest BCUT2D eigenvalue weighted by molar-refractivity contribution is 5.94. The Labute approximate surface area is 131 Å². The molecule has 3 rings (SSSR count). The van der Waals surface area contributed by atoms with E-state index in [4.69, 9.17) is 9.47 Å². The zero-order chi connectivity index (χ0) is 15.4. The first-order valence-electron chi connectivity index (χ1n) is 8.04. The molecular weight excluding hydrogens is 280 g/mol. The fourth-order valence-electron chi connectivity index (χ4n) is 3.20. The lowest BCUT2D eigenvalue weighted by atomic mass is 10.0. The van der Waals surface area contributed by atoms with Crippen LogP contribution in [0.1, 0.15) is 19.3 Å². The number of ether oxygens (including phenoxy) is 2. The predicted octanol–water partition coefficient (Wildman–Crippen LogP) is 1.88. The predicted molar refractivity (Wildman–Crippen MR) is 84.8 cm³/mol. The van der Waals surface area contributed by atoms with Crippen molar-refractivity contribution < 1.29 is 14.3 Å².